The number of hydrogen-bond donors (Lipinski definition) is 0. The van der Waals surface area contributed by atoms with Crippen LogP contribution in [0, 0.1) is 12.8 Å². The molecule has 0 amide bonds. The van der Waals surface area contributed by atoms with Gasteiger partial charge in [0.05, 0.1) is 18.8 Å². The van der Waals surface area contributed by atoms with E-state index in [1.54, 1.807) is 0 Å². The first-order chi connectivity index (χ1) is 5.25. The van der Waals surface area contributed by atoms with Gasteiger partial charge in [-0.05, 0) is 6.92 Å². The standard InChI is InChI=1S/C8H12N2O/c1-6-4-10-8(11-5-6)3-7(2)9-10/h3,6H,4-5H2,1-2H3/t6-/m0/s1. The minimum Gasteiger partial charge on any atom is -0.477 e. The summed E-state index contributed by atoms with van der Waals surface area (Å²) in [6.45, 7) is 5.97. The highest BCUT2D eigenvalue weighted by Crippen LogP contribution is 2.20. The third kappa shape index (κ3) is 1.11. The molecule has 0 saturated carbocycles. The first-order valence-electron chi connectivity index (χ1n) is 3.93. The van der Waals surface area contributed by atoms with E-state index in [0.717, 1.165) is 24.7 Å². The van der Waals surface area contributed by atoms with Gasteiger partial charge in [0.25, 0.3) is 0 Å². The molecule has 0 aromatic carbocycles. The summed E-state index contributed by atoms with van der Waals surface area (Å²) in [4.78, 5) is 0. The van der Waals surface area contributed by atoms with Crippen molar-refractivity contribution < 1.29 is 4.74 Å². The predicted molar refractivity (Wildman–Crippen MR) is 41.6 cm³/mol. The summed E-state index contributed by atoms with van der Waals surface area (Å²) in [6, 6.07) is 1.98. The number of rotatable bonds is 0. The Morgan fingerprint density at radius 3 is 3.36 bits per heavy atom. The van der Waals surface area contributed by atoms with Crippen molar-refractivity contribution in [3.63, 3.8) is 0 Å². The molecular weight excluding hydrogens is 140 g/mol. The molecule has 60 valence electrons. The Morgan fingerprint density at radius 2 is 2.55 bits per heavy atom. The highest BCUT2D eigenvalue weighted by Gasteiger charge is 2.16. The number of aromatic nitrogens is 2. The van der Waals surface area contributed by atoms with Crippen LogP contribution in [-0.2, 0) is 6.54 Å². The molecule has 0 saturated heterocycles. The van der Waals surface area contributed by atoms with Crippen molar-refractivity contribution in [3.8, 4) is 5.88 Å². The lowest BCUT2D eigenvalue weighted by molar-refractivity contribution is 0.175. The topological polar surface area (TPSA) is 27.1 Å². The molecule has 1 aliphatic heterocycles. The average Bonchev–Trinajstić information content (AvgIpc) is 2.27. The quantitative estimate of drug-likeness (QED) is 0.559. The van der Waals surface area contributed by atoms with Crippen LogP contribution in [0.5, 0.6) is 5.88 Å². The van der Waals surface area contributed by atoms with Crippen LogP contribution in [0.25, 0.3) is 0 Å². The summed E-state index contributed by atoms with van der Waals surface area (Å²) in [6.07, 6.45) is 0. The summed E-state index contributed by atoms with van der Waals surface area (Å²) >= 11 is 0. The van der Waals surface area contributed by atoms with Crippen molar-refractivity contribution in [1.82, 2.24) is 9.78 Å². The van der Waals surface area contributed by atoms with Crippen LogP contribution in [0.2, 0.25) is 0 Å². The number of hydrogen-bond acceptors (Lipinski definition) is 2. The summed E-state index contributed by atoms with van der Waals surface area (Å²) in [5, 5.41) is 4.29. The monoisotopic (exact) mass is 152 g/mol. The highest BCUT2D eigenvalue weighted by atomic mass is 16.5. The molecule has 3 nitrogen and oxygen atoms in total. The fraction of sp³-hybridized carbons (Fsp3) is 0.625. The normalized spacial score (nSPS) is 22.5. The second-order valence-corrected chi connectivity index (χ2v) is 3.22. The Hall–Kier alpha value is -0.990. The second-order valence-electron chi connectivity index (χ2n) is 3.22. The van der Waals surface area contributed by atoms with E-state index in [-0.39, 0.29) is 0 Å². The first kappa shape index (κ1) is 6.70. The number of fused-ring (bicyclic) bond motifs is 1. The van der Waals surface area contributed by atoms with Gasteiger partial charge in [0, 0.05) is 12.0 Å². The first-order valence-corrected chi connectivity index (χ1v) is 3.93. The predicted octanol–water partition coefficient (Wildman–Crippen LogP) is 1.22. The van der Waals surface area contributed by atoms with Crippen molar-refractivity contribution in [2.75, 3.05) is 6.61 Å². The molecule has 0 aliphatic carbocycles. The molecule has 0 N–H and O–H groups in total. The Bertz CT molecular complexity index is 267. The molecule has 0 spiro atoms. The van der Waals surface area contributed by atoms with Gasteiger partial charge in [0.15, 0.2) is 0 Å². The second kappa shape index (κ2) is 2.26. The third-order valence-electron chi connectivity index (χ3n) is 1.87. The Kier molecular flexibility index (Phi) is 1.37. The molecule has 2 heterocycles. The van der Waals surface area contributed by atoms with Crippen LogP contribution in [0.1, 0.15) is 12.6 Å². The van der Waals surface area contributed by atoms with E-state index in [9.17, 15) is 0 Å². The molecule has 11 heavy (non-hydrogen) atoms. The lowest BCUT2D eigenvalue weighted by Gasteiger charge is -2.20. The van der Waals surface area contributed by atoms with Crippen molar-refractivity contribution in [2.24, 2.45) is 5.92 Å². The van der Waals surface area contributed by atoms with Gasteiger partial charge >= 0.3 is 0 Å². The minimum absolute atomic E-state index is 0.585. The maximum Gasteiger partial charge on any atom is 0.211 e. The maximum absolute atomic E-state index is 5.46. The maximum atomic E-state index is 5.46. The highest BCUT2D eigenvalue weighted by molar-refractivity contribution is 5.15. The van der Waals surface area contributed by atoms with Crippen molar-refractivity contribution in [2.45, 2.75) is 20.4 Å². The van der Waals surface area contributed by atoms with Crippen LogP contribution >= 0.6 is 0 Å². The summed E-state index contributed by atoms with van der Waals surface area (Å²) in [7, 11) is 0. The zero-order chi connectivity index (χ0) is 7.84. The fourth-order valence-corrected chi connectivity index (χ4v) is 1.34. The smallest absolute Gasteiger partial charge is 0.211 e. The fourth-order valence-electron chi connectivity index (χ4n) is 1.34. The molecule has 0 fully saturated rings. The lowest BCUT2D eigenvalue weighted by atomic mass is 10.2. The van der Waals surface area contributed by atoms with E-state index in [4.69, 9.17) is 4.74 Å². The van der Waals surface area contributed by atoms with E-state index in [1.807, 2.05) is 17.7 Å². The van der Waals surface area contributed by atoms with Crippen molar-refractivity contribution in [1.29, 1.82) is 0 Å². The van der Waals surface area contributed by atoms with Crippen LogP contribution in [0.15, 0.2) is 6.07 Å². The molecule has 0 radical (unpaired) electrons. The van der Waals surface area contributed by atoms with E-state index in [0.29, 0.717) is 5.92 Å². The van der Waals surface area contributed by atoms with Gasteiger partial charge in [0.1, 0.15) is 0 Å². The van der Waals surface area contributed by atoms with Gasteiger partial charge in [-0.3, -0.25) is 0 Å². The molecule has 3 heteroatoms. The molecule has 1 aromatic rings. The van der Waals surface area contributed by atoms with E-state index in [1.165, 1.54) is 0 Å². The van der Waals surface area contributed by atoms with Gasteiger partial charge in [0.2, 0.25) is 5.88 Å². The third-order valence-corrected chi connectivity index (χ3v) is 1.87. The molecule has 0 bridgehead atoms. The summed E-state index contributed by atoms with van der Waals surface area (Å²) < 4.78 is 7.39. The average molecular weight is 152 g/mol. The van der Waals surface area contributed by atoms with Crippen LogP contribution in [-0.4, -0.2) is 16.4 Å². The largest absolute Gasteiger partial charge is 0.477 e. The Morgan fingerprint density at radius 1 is 1.73 bits per heavy atom. The molecule has 1 aliphatic rings. The van der Waals surface area contributed by atoms with Crippen molar-refractivity contribution >= 4 is 0 Å². The molecule has 0 unspecified atom stereocenters. The zero-order valence-electron chi connectivity index (χ0n) is 6.87. The number of aryl methyl sites for hydroxylation is 1. The van der Waals surface area contributed by atoms with Gasteiger partial charge in [-0.1, -0.05) is 6.92 Å². The lowest BCUT2D eigenvalue weighted by Crippen LogP contribution is -2.23. The van der Waals surface area contributed by atoms with Crippen LogP contribution < -0.4 is 4.74 Å². The number of ether oxygens (including phenoxy) is 1. The molecule has 2 rings (SSSR count). The van der Waals surface area contributed by atoms with Crippen LogP contribution in [0.3, 0.4) is 0 Å². The Labute approximate surface area is 66.0 Å². The van der Waals surface area contributed by atoms with Crippen LogP contribution in [0.4, 0.5) is 0 Å². The SMILES string of the molecule is Cc1cc2n(n1)C[C@H](C)CO2. The van der Waals surface area contributed by atoms with Gasteiger partial charge in [-0.15, -0.1) is 0 Å². The summed E-state index contributed by atoms with van der Waals surface area (Å²) in [5.74, 6) is 1.50. The number of nitrogens with zero attached hydrogens (tertiary/aromatic N) is 2. The molecular formula is C8H12N2O. The Balaban J connectivity index is 2.34. The van der Waals surface area contributed by atoms with E-state index >= 15 is 0 Å². The zero-order valence-corrected chi connectivity index (χ0v) is 6.87. The van der Waals surface area contributed by atoms with Gasteiger partial charge in [-0.2, -0.15) is 5.10 Å². The van der Waals surface area contributed by atoms with E-state index < -0.39 is 0 Å². The van der Waals surface area contributed by atoms with Gasteiger partial charge in [-0.25, -0.2) is 4.68 Å². The molecule has 1 atom stereocenters. The summed E-state index contributed by atoms with van der Waals surface area (Å²) in [5.41, 5.74) is 1.04. The van der Waals surface area contributed by atoms with E-state index in [2.05, 4.69) is 12.0 Å². The minimum atomic E-state index is 0.585. The molecule has 1 aromatic heterocycles. The van der Waals surface area contributed by atoms with Crippen molar-refractivity contribution in [3.05, 3.63) is 11.8 Å². The van der Waals surface area contributed by atoms with Gasteiger partial charge < -0.3 is 4.74 Å².